The fourth-order valence-corrected chi connectivity index (χ4v) is 5.17. The first kappa shape index (κ1) is 43.5. The topological polar surface area (TPSA) is 149 Å². The second kappa shape index (κ2) is 31.1. The highest BCUT2D eigenvalue weighted by molar-refractivity contribution is 7.47. The molecule has 0 amide bonds. The Morgan fingerprint density at radius 1 is 0.667 bits per heavy atom. The summed E-state index contributed by atoms with van der Waals surface area (Å²) in [7, 11) is -4.60. The van der Waals surface area contributed by atoms with Gasteiger partial charge in [-0.25, -0.2) is 4.57 Å². The van der Waals surface area contributed by atoms with E-state index in [4.69, 9.17) is 19.1 Å². The maximum atomic E-state index is 12.5. The van der Waals surface area contributed by atoms with E-state index in [1.807, 2.05) is 0 Å². The maximum Gasteiger partial charge on any atom is 0.472 e. The minimum absolute atomic E-state index is 0.170. The van der Waals surface area contributed by atoms with Crippen LogP contribution in [0.25, 0.3) is 0 Å². The Kier molecular flexibility index (Phi) is 30.0. The van der Waals surface area contributed by atoms with Crippen LogP contribution in [-0.4, -0.2) is 65.7 Å². The number of phosphoric ester groups is 1. The van der Waals surface area contributed by atoms with Gasteiger partial charge in [0.25, 0.3) is 0 Å². The maximum absolute atomic E-state index is 12.5. The SMILES string of the molecule is CCC/C=C\C/C=C\CCCCCCCC(=O)OC(COC(=O)CCCCCCCCCCC)COP(=O)(O)OCC(O)CO. The number of hydrogen-bond donors (Lipinski definition) is 3. The number of rotatable bonds is 32. The first-order valence-corrected chi connectivity index (χ1v) is 18.8. The van der Waals surface area contributed by atoms with E-state index < -0.39 is 51.8 Å². The van der Waals surface area contributed by atoms with Gasteiger partial charge in [0.15, 0.2) is 6.10 Å². The van der Waals surface area contributed by atoms with E-state index in [2.05, 4.69) is 42.7 Å². The zero-order valence-corrected chi connectivity index (χ0v) is 29.0. The van der Waals surface area contributed by atoms with Crippen LogP contribution in [0.1, 0.15) is 142 Å². The summed E-state index contributed by atoms with van der Waals surface area (Å²) in [6.07, 6.45) is 25.9. The predicted molar refractivity (Wildman–Crippen MR) is 178 cm³/mol. The molecule has 45 heavy (non-hydrogen) atoms. The molecule has 10 nitrogen and oxygen atoms in total. The molecule has 0 aliphatic carbocycles. The summed E-state index contributed by atoms with van der Waals surface area (Å²) in [6.45, 7) is 2.24. The summed E-state index contributed by atoms with van der Waals surface area (Å²) < 4.78 is 32.4. The van der Waals surface area contributed by atoms with Crippen LogP contribution in [0, 0.1) is 0 Å². The van der Waals surface area contributed by atoms with Gasteiger partial charge in [-0.1, -0.05) is 115 Å². The zero-order valence-electron chi connectivity index (χ0n) is 28.1. The van der Waals surface area contributed by atoms with Gasteiger partial charge in [0, 0.05) is 12.8 Å². The molecule has 0 heterocycles. The van der Waals surface area contributed by atoms with Crippen molar-refractivity contribution < 1.29 is 47.8 Å². The number of ether oxygens (including phenoxy) is 2. The summed E-state index contributed by atoms with van der Waals surface area (Å²) in [5.41, 5.74) is 0. The lowest BCUT2D eigenvalue weighted by Crippen LogP contribution is -2.29. The Balaban J connectivity index is 4.45. The van der Waals surface area contributed by atoms with E-state index in [-0.39, 0.29) is 19.4 Å². The van der Waals surface area contributed by atoms with Crippen molar-refractivity contribution >= 4 is 19.8 Å². The Morgan fingerprint density at radius 3 is 1.80 bits per heavy atom. The third kappa shape index (κ3) is 30.8. The monoisotopic (exact) mass is 662 g/mol. The number of carbonyl (C=O) groups is 2. The zero-order chi connectivity index (χ0) is 33.4. The molecule has 0 aromatic carbocycles. The van der Waals surface area contributed by atoms with E-state index >= 15 is 0 Å². The van der Waals surface area contributed by atoms with Crippen molar-refractivity contribution in [1.29, 1.82) is 0 Å². The summed E-state index contributed by atoms with van der Waals surface area (Å²) in [4.78, 5) is 34.6. The van der Waals surface area contributed by atoms with E-state index in [1.165, 1.54) is 38.5 Å². The Morgan fingerprint density at radius 2 is 1.20 bits per heavy atom. The summed E-state index contributed by atoms with van der Waals surface area (Å²) in [6, 6.07) is 0. The molecule has 0 aliphatic rings. The number of aliphatic hydroxyl groups is 2. The van der Waals surface area contributed by atoms with Crippen LogP contribution in [0.4, 0.5) is 0 Å². The first-order valence-electron chi connectivity index (χ1n) is 17.3. The van der Waals surface area contributed by atoms with Gasteiger partial charge >= 0.3 is 19.8 Å². The predicted octanol–water partition coefficient (Wildman–Crippen LogP) is 7.88. The fourth-order valence-electron chi connectivity index (χ4n) is 4.38. The third-order valence-corrected chi connectivity index (χ3v) is 8.04. The number of unbranched alkanes of at least 4 members (excludes halogenated alkanes) is 14. The molecule has 0 bridgehead atoms. The summed E-state index contributed by atoms with van der Waals surface area (Å²) in [5.74, 6) is -0.946. The molecule has 0 rings (SSSR count). The smallest absolute Gasteiger partial charge is 0.462 e. The fraction of sp³-hybridized carbons (Fsp3) is 0.824. The van der Waals surface area contributed by atoms with Gasteiger partial charge in [0.1, 0.15) is 12.7 Å². The number of hydrogen-bond acceptors (Lipinski definition) is 9. The largest absolute Gasteiger partial charge is 0.472 e. The van der Waals surface area contributed by atoms with Gasteiger partial charge in [-0.05, 0) is 38.5 Å². The van der Waals surface area contributed by atoms with E-state index in [1.54, 1.807) is 0 Å². The van der Waals surface area contributed by atoms with Crippen molar-refractivity contribution in [2.45, 2.75) is 154 Å². The highest BCUT2D eigenvalue weighted by atomic mass is 31.2. The lowest BCUT2D eigenvalue weighted by molar-refractivity contribution is -0.161. The van der Waals surface area contributed by atoms with Gasteiger partial charge in [0.05, 0.1) is 19.8 Å². The second-order valence-electron chi connectivity index (χ2n) is 11.5. The van der Waals surface area contributed by atoms with Crippen LogP contribution in [-0.2, 0) is 32.7 Å². The van der Waals surface area contributed by atoms with Crippen molar-refractivity contribution in [2.24, 2.45) is 0 Å². The minimum Gasteiger partial charge on any atom is -0.462 e. The molecule has 264 valence electrons. The molecule has 0 aromatic rings. The molecule has 3 atom stereocenters. The van der Waals surface area contributed by atoms with E-state index in [9.17, 15) is 24.2 Å². The molecule has 11 heteroatoms. The Labute approximate surface area is 272 Å². The van der Waals surface area contributed by atoms with E-state index in [0.29, 0.717) is 12.8 Å². The Hall–Kier alpha value is -1.55. The molecule has 0 fully saturated rings. The standard InChI is InChI=1S/C34H63O10P/c1-3-5-7-9-11-13-14-15-16-18-20-22-24-26-34(38)44-32(30-43-45(39,40)42-28-31(36)27-35)29-41-33(37)25-23-21-19-17-12-10-8-6-4-2/h7,9,13-14,31-32,35-36H,3-6,8,10-12,15-30H2,1-2H3,(H,39,40)/b9-7-,14-13-. The van der Waals surface area contributed by atoms with Crippen molar-refractivity contribution in [3.8, 4) is 0 Å². The van der Waals surface area contributed by atoms with Gasteiger partial charge in [-0.2, -0.15) is 0 Å². The lowest BCUT2D eigenvalue weighted by atomic mass is 10.1. The van der Waals surface area contributed by atoms with Gasteiger partial charge in [0.2, 0.25) is 0 Å². The van der Waals surface area contributed by atoms with Crippen molar-refractivity contribution in [2.75, 3.05) is 26.4 Å². The molecule has 0 saturated carbocycles. The van der Waals surface area contributed by atoms with Crippen LogP contribution in [0.3, 0.4) is 0 Å². The summed E-state index contributed by atoms with van der Waals surface area (Å²) in [5, 5.41) is 18.2. The Bertz CT molecular complexity index is 817. The average molecular weight is 663 g/mol. The molecule has 0 aromatic heterocycles. The van der Waals surface area contributed by atoms with Crippen LogP contribution in [0.2, 0.25) is 0 Å². The number of aliphatic hydroxyl groups excluding tert-OH is 2. The van der Waals surface area contributed by atoms with Crippen molar-refractivity contribution in [3.63, 3.8) is 0 Å². The number of phosphoric acid groups is 1. The van der Waals surface area contributed by atoms with Crippen LogP contribution in [0.5, 0.6) is 0 Å². The second-order valence-corrected chi connectivity index (χ2v) is 13.0. The minimum atomic E-state index is -4.60. The van der Waals surface area contributed by atoms with Crippen molar-refractivity contribution in [1.82, 2.24) is 0 Å². The highest BCUT2D eigenvalue weighted by Gasteiger charge is 2.27. The lowest BCUT2D eigenvalue weighted by Gasteiger charge is -2.20. The average Bonchev–Trinajstić information content (AvgIpc) is 3.02. The molecule has 0 saturated heterocycles. The van der Waals surface area contributed by atoms with E-state index in [0.717, 1.165) is 64.2 Å². The molecule has 0 radical (unpaired) electrons. The molecule has 3 N–H and O–H groups in total. The van der Waals surface area contributed by atoms with Gasteiger partial charge in [-0.3, -0.25) is 18.6 Å². The van der Waals surface area contributed by atoms with Gasteiger partial charge < -0.3 is 24.6 Å². The number of carbonyl (C=O) groups excluding carboxylic acids is 2. The molecule has 0 spiro atoms. The number of allylic oxidation sites excluding steroid dienone is 4. The summed E-state index contributed by atoms with van der Waals surface area (Å²) >= 11 is 0. The first-order chi connectivity index (χ1) is 21.7. The molecule has 0 aliphatic heterocycles. The van der Waals surface area contributed by atoms with Gasteiger partial charge in [-0.15, -0.1) is 0 Å². The van der Waals surface area contributed by atoms with Crippen LogP contribution >= 0.6 is 7.82 Å². The highest BCUT2D eigenvalue weighted by Crippen LogP contribution is 2.43. The normalized spacial score (nSPS) is 14.5. The molecular formula is C34H63O10P. The number of esters is 2. The molecule has 3 unspecified atom stereocenters. The van der Waals surface area contributed by atoms with Crippen LogP contribution in [0.15, 0.2) is 24.3 Å². The van der Waals surface area contributed by atoms with Crippen LogP contribution < -0.4 is 0 Å². The quantitative estimate of drug-likeness (QED) is 0.0281. The third-order valence-electron chi connectivity index (χ3n) is 7.09. The van der Waals surface area contributed by atoms with Crippen molar-refractivity contribution in [3.05, 3.63) is 24.3 Å². The molecular weight excluding hydrogens is 599 g/mol.